The second kappa shape index (κ2) is 7.07. The van der Waals surface area contributed by atoms with E-state index in [4.69, 9.17) is 28.4 Å². The summed E-state index contributed by atoms with van der Waals surface area (Å²) in [5.74, 6) is 0. The Hall–Kier alpha value is -1.09. The van der Waals surface area contributed by atoms with Gasteiger partial charge in [0.25, 0.3) is 0 Å². The molecule has 2 atom stereocenters. The molecular weight excluding hydrogens is 305 g/mol. The van der Waals surface area contributed by atoms with Gasteiger partial charge in [0, 0.05) is 12.2 Å². The van der Waals surface area contributed by atoms with Crippen LogP contribution in [0.3, 0.4) is 0 Å². The van der Waals surface area contributed by atoms with E-state index in [1.54, 1.807) is 18.2 Å². The summed E-state index contributed by atoms with van der Waals surface area (Å²) < 4.78 is 0. The van der Waals surface area contributed by atoms with Gasteiger partial charge >= 0.3 is 6.03 Å². The number of rotatable bonds is 3. The molecule has 1 fully saturated rings. The quantitative estimate of drug-likeness (QED) is 0.472. The predicted octanol–water partition coefficient (Wildman–Crippen LogP) is 1.29. The molecule has 9 heteroatoms. The van der Waals surface area contributed by atoms with Crippen LogP contribution in [0.4, 0.5) is 10.5 Å². The molecule has 2 amide bonds. The molecule has 1 aromatic carbocycles. The van der Waals surface area contributed by atoms with Crippen LogP contribution in [0.1, 0.15) is 6.42 Å². The van der Waals surface area contributed by atoms with Gasteiger partial charge in [-0.25, -0.2) is 4.79 Å². The van der Waals surface area contributed by atoms with Crippen molar-refractivity contribution in [2.75, 3.05) is 11.9 Å². The average molecular weight is 320 g/mol. The van der Waals surface area contributed by atoms with Gasteiger partial charge in [-0.15, -0.1) is 0 Å². The van der Waals surface area contributed by atoms with Gasteiger partial charge in [0.1, 0.15) is 6.29 Å². The van der Waals surface area contributed by atoms with Crippen molar-refractivity contribution < 1.29 is 10.0 Å². The summed E-state index contributed by atoms with van der Waals surface area (Å²) in [6.45, 7) is 0.656. The Labute approximate surface area is 126 Å². The van der Waals surface area contributed by atoms with E-state index in [1.807, 2.05) is 0 Å². The minimum atomic E-state index is -0.448. The number of hydrogen-bond donors (Lipinski definition) is 6. The third-order valence-electron chi connectivity index (χ3n) is 2.76. The van der Waals surface area contributed by atoms with Crippen molar-refractivity contribution in [2.45, 2.75) is 18.9 Å². The maximum atomic E-state index is 11.8. The number of nitrogens with one attached hydrogen (secondary N) is 5. The van der Waals surface area contributed by atoms with Crippen molar-refractivity contribution in [1.29, 1.82) is 0 Å². The molecule has 0 aromatic heterocycles. The number of hydrogen-bond acceptors (Lipinski definition) is 5. The third-order valence-corrected chi connectivity index (χ3v) is 3.50. The van der Waals surface area contributed by atoms with E-state index in [-0.39, 0.29) is 6.17 Å². The first kappa shape index (κ1) is 15.3. The first-order valence-electron chi connectivity index (χ1n) is 6.00. The highest BCUT2D eigenvalue weighted by Gasteiger charge is 2.20. The van der Waals surface area contributed by atoms with Gasteiger partial charge in [0.05, 0.1) is 16.2 Å². The Morgan fingerprint density at radius 3 is 2.85 bits per heavy atom. The van der Waals surface area contributed by atoms with E-state index in [2.05, 4.69) is 26.7 Å². The molecule has 0 bridgehead atoms. The van der Waals surface area contributed by atoms with Gasteiger partial charge in [-0.2, -0.15) is 5.48 Å². The van der Waals surface area contributed by atoms with Crippen molar-refractivity contribution >= 4 is 34.9 Å². The Morgan fingerprint density at radius 2 is 2.15 bits per heavy atom. The molecule has 2 unspecified atom stereocenters. The SMILES string of the molecule is O=C(Nc1ccc(Cl)c(Cl)c1)NC1NCCC(NO)N1. The van der Waals surface area contributed by atoms with Crippen molar-refractivity contribution in [3.63, 3.8) is 0 Å². The van der Waals surface area contributed by atoms with Gasteiger partial charge in [0.15, 0.2) is 0 Å². The lowest BCUT2D eigenvalue weighted by atomic mass is 10.3. The molecule has 0 aliphatic carbocycles. The van der Waals surface area contributed by atoms with E-state index in [0.29, 0.717) is 28.7 Å². The lowest BCUT2D eigenvalue weighted by Crippen LogP contribution is -2.65. The maximum absolute atomic E-state index is 11.8. The molecule has 1 saturated heterocycles. The number of benzene rings is 1. The maximum Gasteiger partial charge on any atom is 0.321 e. The minimum absolute atomic E-state index is 0.272. The van der Waals surface area contributed by atoms with Gasteiger partial charge in [-0.3, -0.25) is 10.6 Å². The Balaban J connectivity index is 1.87. The van der Waals surface area contributed by atoms with Crippen LogP contribution in [-0.2, 0) is 0 Å². The van der Waals surface area contributed by atoms with Crippen LogP contribution < -0.4 is 26.7 Å². The van der Waals surface area contributed by atoms with Crippen LogP contribution in [0.15, 0.2) is 18.2 Å². The van der Waals surface area contributed by atoms with Gasteiger partial charge in [-0.05, 0) is 24.6 Å². The molecule has 1 aromatic rings. The van der Waals surface area contributed by atoms with Gasteiger partial charge < -0.3 is 15.8 Å². The van der Waals surface area contributed by atoms with Crippen molar-refractivity contribution in [3.8, 4) is 0 Å². The zero-order chi connectivity index (χ0) is 14.5. The van der Waals surface area contributed by atoms with E-state index in [0.717, 1.165) is 0 Å². The highest BCUT2D eigenvalue weighted by molar-refractivity contribution is 6.42. The van der Waals surface area contributed by atoms with Crippen LogP contribution in [0.5, 0.6) is 0 Å². The second-order valence-electron chi connectivity index (χ2n) is 4.25. The third kappa shape index (κ3) is 4.20. The summed E-state index contributed by atoms with van der Waals surface area (Å²) in [6.07, 6.45) is -0.0222. The van der Waals surface area contributed by atoms with E-state index >= 15 is 0 Å². The molecule has 2 rings (SSSR count). The fourth-order valence-corrected chi connectivity index (χ4v) is 2.08. The van der Waals surface area contributed by atoms with Crippen LogP contribution in [0.2, 0.25) is 10.0 Å². The summed E-state index contributed by atoms with van der Waals surface area (Å²) in [4.78, 5) is 11.8. The normalized spacial score (nSPS) is 22.4. The minimum Gasteiger partial charge on any atom is -0.315 e. The number of amides is 2. The van der Waals surface area contributed by atoms with Gasteiger partial charge in [-0.1, -0.05) is 23.2 Å². The lowest BCUT2D eigenvalue weighted by molar-refractivity contribution is 0.0783. The molecule has 1 heterocycles. The molecule has 110 valence electrons. The molecule has 0 spiro atoms. The van der Waals surface area contributed by atoms with Crippen molar-refractivity contribution in [3.05, 3.63) is 28.2 Å². The molecule has 1 aliphatic rings. The van der Waals surface area contributed by atoms with E-state index in [1.165, 1.54) is 0 Å². The predicted molar refractivity (Wildman–Crippen MR) is 76.9 cm³/mol. The summed E-state index contributed by atoms with van der Waals surface area (Å²) in [7, 11) is 0. The number of urea groups is 1. The van der Waals surface area contributed by atoms with Crippen LogP contribution in [-0.4, -0.2) is 30.2 Å². The largest absolute Gasteiger partial charge is 0.321 e. The number of anilines is 1. The summed E-state index contributed by atoms with van der Waals surface area (Å²) in [5, 5.41) is 20.9. The molecule has 0 radical (unpaired) electrons. The molecule has 1 aliphatic heterocycles. The number of carbonyl (C=O) groups is 1. The molecule has 20 heavy (non-hydrogen) atoms. The standard InChI is InChI=1S/C11H15Cl2N5O2/c12-7-2-1-6(5-8(7)13)15-11(19)17-10-14-4-3-9(16-10)18-20/h1-2,5,9-10,14,16,18,20H,3-4H2,(H2,15,17,19). The fourth-order valence-electron chi connectivity index (χ4n) is 1.78. The number of hydroxylamine groups is 1. The monoisotopic (exact) mass is 319 g/mol. The second-order valence-corrected chi connectivity index (χ2v) is 5.07. The van der Waals surface area contributed by atoms with Gasteiger partial charge in [0.2, 0.25) is 0 Å². The fraction of sp³-hybridized carbons (Fsp3) is 0.364. The molecular formula is C11H15Cl2N5O2. The van der Waals surface area contributed by atoms with E-state index in [9.17, 15) is 4.79 Å². The average Bonchev–Trinajstić information content (AvgIpc) is 2.43. The summed E-state index contributed by atoms with van der Waals surface area (Å²) in [5.41, 5.74) is 2.65. The summed E-state index contributed by atoms with van der Waals surface area (Å²) >= 11 is 11.7. The topological polar surface area (TPSA) is 97.5 Å². The van der Waals surface area contributed by atoms with Crippen molar-refractivity contribution in [2.24, 2.45) is 0 Å². The zero-order valence-electron chi connectivity index (χ0n) is 10.4. The zero-order valence-corrected chi connectivity index (χ0v) is 11.9. The van der Waals surface area contributed by atoms with Crippen LogP contribution in [0, 0.1) is 0 Å². The number of carbonyl (C=O) groups excluding carboxylic acids is 1. The smallest absolute Gasteiger partial charge is 0.315 e. The van der Waals surface area contributed by atoms with Crippen molar-refractivity contribution in [1.82, 2.24) is 21.4 Å². The summed E-state index contributed by atoms with van der Waals surface area (Å²) in [6, 6.07) is 4.39. The Bertz CT molecular complexity index is 488. The molecule has 6 N–H and O–H groups in total. The molecule has 0 saturated carbocycles. The lowest BCUT2D eigenvalue weighted by Gasteiger charge is -2.31. The highest BCUT2D eigenvalue weighted by atomic mass is 35.5. The van der Waals surface area contributed by atoms with Crippen LogP contribution in [0.25, 0.3) is 0 Å². The van der Waals surface area contributed by atoms with Crippen LogP contribution >= 0.6 is 23.2 Å². The highest BCUT2D eigenvalue weighted by Crippen LogP contribution is 2.24. The first-order chi connectivity index (χ1) is 9.58. The molecule has 7 nitrogen and oxygen atoms in total. The first-order valence-corrected chi connectivity index (χ1v) is 6.75. The Morgan fingerprint density at radius 1 is 1.35 bits per heavy atom. The van der Waals surface area contributed by atoms with E-state index < -0.39 is 12.3 Å². The Kier molecular flexibility index (Phi) is 5.41. The number of halogens is 2.